The first-order valence-electron chi connectivity index (χ1n) is 8.78. The summed E-state index contributed by atoms with van der Waals surface area (Å²) in [5, 5.41) is 1.22. The average molecular weight is 339 g/mol. The van der Waals surface area contributed by atoms with Crippen LogP contribution in [-0.2, 0) is 0 Å². The summed E-state index contributed by atoms with van der Waals surface area (Å²) in [6, 6.07) is 27.2. The molecule has 3 aromatic carbocycles. The van der Waals surface area contributed by atoms with Gasteiger partial charge < -0.3 is 9.72 Å². The van der Waals surface area contributed by atoms with Crippen LogP contribution in [0.4, 0.5) is 0 Å². The summed E-state index contributed by atoms with van der Waals surface area (Å²) in [4.78, 5) is 3.40. The highest BCUT2D eigenvalue weighted by Gasteiger charge is 2.15. The van der Waals surface area contributed by atoms with Crippen molar-refractivity contribution < 1.29 is 4.74 Å². The lowest BCUT2D eigenvalue weighted by atomic mass is 9.90. The molecule has 128 valence electrons. The smallest absolute Gasteiger partial charge is 0.120 e. The largest absolute Gasteiger partial charge is 0.497 e. The fourth-order valence-electron chi connectivity index (χ4n) is 3.34. The molecular formula is C24H21NO. The summed E-state index contributed by atoms with van der Waals surface area (Å²) >= 11 is 0. The number of hydrogen-bond donors (Lipinski definition) is 1. The van der Waals surface area contributed by atoms with Gasteiger partial charge in [0, 0.05) is 29.1 Å². The molecule has 0 amide bonds. The van der Waals surface area contributed by atoms with Gasteiger partial charge in [0.1, 0.15) is 5.75 Å². The average Bonchev–Trinajstić information content (AvgIpc) is 3.13. The third-order valence-corrected chi connectivity index (χ3v) is 4.70. The van der Waals surface area contributed by atoms with E-state index in [-0.39, 0.29) is 5.92 Å². The number of aromatic nitrogens is 1. The lowest BCUT2D eigenvalue weighted by molar-refractivity contribution is 0.415. The number of allylic oxidation sites excluding steroid dienone is 1. The molecule has 0 unspecified atom stereocenters. The van der Waals surface area contributed by atoms with E-state index in [2.05, 4.69) is 84.0 Å². The SMILES string of the molecule is COc1ccc2c([C@H](/C=C/c3ccccc3)c3ccccc3)c[nH]c2c1. The first-order chi connectivity index (χ1) is 12.8. The zero-order chi connectivity index (χ0) is 17.8. The lowest BCUT2D eigenvalue weighted by Gasteiger charge is -2.13. The Bertz CT molecular complexity index is 1020. The molecule has 0 aliphatic heterocycles. The molecular weight excluding hydrogens is 318 g/mol. The predicted octanol–water partition coefficient (Wildman–Crippen LogP) is 6.02. The lowest BCUT2D eigenvalue weighted by Crippen LogP contribution is -1.96. The third-order valence-electron chi connectivity index (χ3n) is 4.70. The summed E-state index contributed by atoms with van der Waals surface area (Å²) in [5.74, 6) is 1.04. The summed E-state index contributed by atoms with van der Waals surface area (Å²) in [5.41, 5.74) is 4.83. The Morgan fingerprint density at radius 1 is 0.885 bits per heavy atom. The molecule has 1 heterocycles. The summed E-state index contributed by atoms with van der Waals surface area (Å²) in [6.07, 6.45) is 6.58. The molecule has 1 N–H and O–H groups in total. The molecule has 1 aromatic heterocycles. The van der Waals surface area contributed by atoms with Gasteiger partial charge in [0.15, 0.2) is 0 Å². The monoisotopic (exact) mass is 339 g/mol. The van der Waals surface area contributed by atoms with Crippen molar-refractivity contribution in [2.24, 2.45) is 0 Å². The number of hydrogen-bond acceptors (Lipinski definition) is 1. The van der Waals surface area contributed by atoms with Gasteiger partial charge in [0.25, 0.3) is 0 Å². The van der Waals surface area contributed by atoms with Crippen LogP contribution in [-0.4, -0.2) is 12.1 Å². The van der Waals surface area contributed by atoms with Crippen LogP contribution in [0.3, 0.4) is 0 Å². The molecule has 2 nitrogen and oxygen atoms in total. The number of fused-ring (bicyclic) bond motifs is 1. The molecule has 1 atom stereocenters. The summed E-state index contributed by atoms with van der Waals surface area (Å²) < 4.78 is 5.35. The van der Waals surface area contributed by atoms with E-state index in [1.54, 1.807) is 7.11 Å². The maximum Gasteiger partial charge on any atom is 0.120 e. The maximum absolute atomic E-state index is 5.35. The second-order valence-electron chi connectivity index (χ2n) is 6.31. The van der Waals surface area contributed by atoms with Gasteiger partial charge in [-0.25, -0.2) is 0 Å². The van der Waals surface area contributed by atoms with Crippen molar-refractivity contribution >= 4 is 17.0 Å². The quantitative estimate of drug-likeness (QED) is 0.472. The number of aromatic amines is 1. The zero-order valence-corrected chi connectivity index (χ0v) is 14.7. The van der Waals surface area contributed by atoms with Gasteiger partial charge in [-0.3, -0.25) is 0 Å². The summed E-state index contributed by atoms with van der Waals surface area (Å²) in [7, 11) is 1.69. The topological polar surface area (TPSA) is 25.0 Å². The van der Waals surface area contributed by atoms with Crippen molar-refractivity contribution in [3.8, 4) is 5.75 Å². The molecule has 4 aromatic rings. The standard InChI is InChI=1S/C24H21NO/c1-26-20-13-15-22-23(17-25-24(22)16-20)21(19-10-6-3-7-11-19)14-12-18-8-4-2-5-9-18/h2-17,21,25H,1H3/b14-12+/t21-/m1/s1. The molecule has 0 bridgehead atoms. The van der Waals surface area contributed by atoms with Gasteiger partial charge in [-0.05, 0) is 28.8 Å². The van der Waals surface area contributed by atoms with Crippen molar-refractivity contribution in [3.63, 3.8) is 0 Å². The van der Waals surface area contributed by atoms with Gasteiger partial charge in [0.05, 0.1) is 7.11 Å². The molecule has 26 heavy (non-hydrogen) atoms. The van der Waals surface area contributed by atoms with Crippen LogP contribution in [0.5, 0.6) is 5.75 Å². The van der Waals surface area contributed by atoms with Gasteiger partial charge in [-0.2, -0.15) is 0 Å². The van der Waals surface area contributed by atoms with Gasteiger partial charge in [-0.1, -0.05) is 72.8 Å². The van der Waals surface area contributed by atoms with Crippen LogP contribution in [0.15, 0.2) is 91.1 Å². The number of H-pyrrole nitrogens is 1. The highest BCUT2D eigenvalue weighted by molar-refractivity contribution is 5.86. The Hall–Kier alpha value is -3.26. The molecule has 0 aliphatic carbocycles. The van der Waals surface area contributed by atoms with E-state index in [0.29, 0.717) is 0 Å². The summed E-state index contributed by atoms with van der Waals surface area (Å²) in [6.45, 7) is 0. The molecule has 0 fully saturated rings. The van der Waals surface area contributed by atoms with Gasteiger partial charge >= 0.3 is 0 Å². The minimum Gasteiger partial charge on any atom is -0.497 e. The number of nitrogens with one attached hydrogen (secondary N) is 1. The van der Waals surface area contributed by atoms with Crippen molar-refractivity contribution in [2.75, 3.05) is 7.11 Å². The molecule has 0 radical (unpaired) electrons. The van der Waals surface area contributed by atoms with Crippen molar-refractivity contribution in [2.45, 2.75) is 5.92 Å². The fourth-order valence-corrected chi connectivity index (χ4v) is 3.34. The maximum atomic E-state index is 5.35. The van der Waals surface area contributed by atoms with Gasteiger partial charge in [-0.15, -0.1) is 0 Å². The first-order valence-corrected chi connectivity index (χ1v) is 8.78. The van der Waals surface area contributed by atoms with E-state index in [4.69, 9.17) is 4.74 Å². The fraction of sp³-hybridized carbons (Fsp3) is 0.0833. The molecule has 0 aliphatic rings. The Kier molecular flexibility index (Phi) is 4.57. The van der Waals surface area contributed by atoms with Gasteiger partial charge in [0.2, 0.25) is 0 Å². The number of benzene rings is 3. The van der Waals surface area contributed by atoms with E-state index in [0.717, 1.165) is 11.3 Å². The number of methoxy groups -OCH3 is 1. The predicted molar refractivity (Wildman–Crippen MR) is 109 cm³/mol. The second-order valence-corrected chi connectivity index (χ2v) is 6.31. The van der Waals surface area contributed by atoms with Crippen LogP contribution < -0.4 is 4.74 Å². The Balaban J connectivity index is 1.79. The first kappa shape index (κ1) is 16.2. The van der Waals surface area contributed by atoms with Crippen LogP contribution in [0.25, 0.3) is 17.0 Å². The highest BCUT2D eigenvalue weighted by Crippen LogP contribution is 2.33. The van der Waals surface area contributed by atoms with Crippen LogP contribution in [0.1, 0.15) is 22.6 Å². The molecule has 0 saturated carbocycles. The minimum atomic E-state index is 0.179. The highest BCUT2D eigenvalue weighted by atomic mass is 16.5. The second kappa shape index (κ2) is 7.32. The van der Waals surface area contributed by atoms with Crippen LogP contribution in [0, 0.1) is 0 Å². The number of ether oxygens (including phenoxy) is 1. The van der Waals surface area contributed by atoms with Crippen molar-refractivity contribution in [3.05, 3.63) is 108 Å². The van der Waals surface area contributed by atoms with E-state index < -0.39 is 0 Å². The van der Waals surface area contributed by atoms with E-state index in [1.165, 1.54) is 22.1 Å². The Morgan fingerprint density at radius 3 is 2.35 bits per heavy atom. The van der Waals surface area contributed by atoms with Crippen LogP contribution in [0.2, 0.25) is 0 Å². The van der Waals surface area contributed by atoms with E-state index in [9.17, 15) is 0 Å². The van der Waals surface area contributed by atoms with Crippen molar-refractivity contribution in [1.82, 2.24) is 4.98 Å². The Labute approximate surface area is 153 Å². The zero-order valence-electron chi connectivity index (χ0n) is 14.7. The minimum absolute atomic E-state index is 0.179. The van der Waals surface area contributed by atoms with E-state index in [1.807, 2.05) is 18.2 Å². The normalized spacial score (nSPS) is 12.5. The third kappa shape index (κ3) is 3.27. The molecule has 0 saturated heterocycles. The van der Waals surface area contributed by atoms with Crippen molar-refractivity contribution in [1.29, 1.82) is 0 Å². The molecule has 2 heteroatoms. The Morgan fingerprint density at radius 2 is 1.62 bits per heavy atom. The van der Waals surface area contributed by atoms with Crippen LogP contribution >= 0.6 is 0 Å². The van der Waals surface area contributed by atoms with E-state index >= 15 is 0 Å². The number of rotatable bonds is 5. The molecule has 4 rings (SSSR count). The molecule has 0 spiro atoms.